The molecule has 0 saturated carbocycles. The summed E-state index contributed by atoms with van der Waals surface area (Å²) in [5.74, 6) is 0.865. The van der Waals surface area contributed by atoms with Crippen molar-refractivity contribution in [2.24, 2.45) is 7.05 Å². The summed E-state index contributed by atoms with van der Waals surface area (Å²) in [5.41, 5.74) is 2.06. The number of hydrogen-bond donors (Lipinski definition) is 1. The molecule has 0 bridgehead atoms. The number of aryl methyl sites for hydroxylation is 2. The molecule has 2 amide bonds. The first-order valence-corrected chi connectivity index (χ1v) is 10.7. The summed E-state index contributed by atoms with van der Waals surface area (Å²) < 4.78 is 8.10. The first-order chi connectivity index (χ1) is 14.9. The summed E-state index contributed by atoms with van der Waals surface area (Å²) in [4.78, 5) is 33.0. The topological polar surface area (TPSA) is 76.5 Å². The van der Waals surface area contributed by atoms with Crippen LogP contribution < -0.4 is 10.1 Å². The van der Waals surface area contributed by atoms with E-state index in [4.69, 9.17) is 9.72 Å². The summed E-state index contributed by atoms with van der Waals surface area (Å²) in [6, 6.07) is 13.6. The van der Waals surface area contributed by atoms with Gasteiger partial charge < -0.3 is 19.5 Å². The molecule has 2 aliphatic rings. The van der Waals surface area contributed by atoms with Crippen LogP contribution in [-0.4, -0.2) is 45.0 Å². The van der Waals surface area contributed by atoms with E-state index in [9.17, 15) is 9.59 Å². The Kier molecular flexibility index (Phi) is 4.50. The average molecular weight is 418 g/mol. The maximum atomic E-state index is 13.5. The monoisotopic (exact) mass is 418 g/mol. The summed E-state index contributed by atoms with van der Waals surface area (Å²) >= 11 is 0. The van der Waals surface area contributed by atoms with E-state index >= 15 is 0 Å². The van der Waals surface area contributed by atoms with Crippen LogP contribution in [0.1, 0.15) is 37.1 Å². The third-order valence-corrected chi connectivity index (χ3v) is 6.43. The van der Waals surface area contributed by atoms with Gasteiger partial charge in [0, 0.05) is 26.1 Å². The molecule has 0 radical (unpaired) electrons. The van der Waals surface area contributed by atoms with Gasteiger partial charge in [-0.1, -0.05) is 18.2 Å². The molecule has 1 aromatic heterocycles. The number of imidazole rings is 1. The van der Waals surface area contributed by atoms with Gasteiger partial charge in [-0.15, -0.1) is 0 Å². The van der Waals surface area contributed by atoms with Gasteiger partial charge in [-0.25, -0.2) is 4.98 Å². The molecule has 0 spiro atoms. The van der Waals surface area contributed by atoms with Crippen LogP contribution in [0.4, 0.5) is 5.69 Å². The Morgan fingerprint density at radius 2 is 2.06 bits per heavy atom. The highest BCUT2D eigenvalue weighted by Gasteiger charge is 2.50. The number of para-hydroxylation sites is 2. The Labute approximate surface area is 181 Å². The predicted octanol–water partition coefficient (Wildman–Crippen LogP) is 3.38. The van der Waals surface area contributed by atoms with Crippen LogP contribution in [0.15, 0.2) is 42.5 Å². The van der Waals surface area contributed by atoms with Gasteiger partial charge in [0.1, 0.15) is 11.6 Å². The van der Waals surface area contributed by atoms with Crippen molar-refractivity contribution >= 4 is 28.5 Å². The zero-order valence-corrected chi connectivity index (χ0v) is 18.0. The van der Waals surface area contributed by atoms with Crippen molar-refractivity contribution in [2.45, 2.75) is 38.2 Å². The number of amides is 2. The highest BCUT2D eigenvalue weighted by atomic mass is 16.5. The van der Waals surface area contributed by atoms with Gasteiger partial charge in [-0.05, 0) is 56.5 Å². The second-order valence-corrected chi connectivity index (χ2v) is 8.70. The summed E-state index contributed by atoms with van der Waals surface area (Å²) in [5, 5.41) is 2.85. The van der Waals surface area contributed by atoms with Crippen molar-refractivity contribution in [1.29, 1.82) is 0 Å². The number of nitrogens with zero attached hydrogens (tertiary/aromatic N) is 3. The molecule has 1 saturated heterocycles. The molecule has 2 aliphatic heterocycles. The number of likely N-dealkylation sites (tertiary alicyclic amines) is 1. The lowest BCUT2D eigenvalue weighted by molar-refractivity contribution is -0.155. The highest BCUT2D eigenvalue weighted by Crippen LogP contribution is 2.36. The first kappa shape index (κ1) is 19.6. The van der Waals surface area contributed by atoms with Crippen molar-refractivity contribution < 1.29 is 14.3 Å². The molecule has 3 aromatic rings. The molecule has 2 atom stereocenters. The number of anilines is 1. The Morgan fingerprint density at radius 3 is 2.87 bits per heavy atom. The minimum Gasteiger partial charge on any atom is -0.466 e. The summed E-state index contributed by atoms with van der Waals surface area (Å²) in [6.45, 7) is 4.63. The number of nitrogens with one attached hydrogen (secondary N) is 1. The Bertz CT molecular complexity index is 1200. The van der Waals surface area contributed by atoms with Crippen LogP contribution >= 0.6 is 0 Å². The van der Waals surface area contributed by atoms with E-state index in [-0.39, 0.29) is 11.8 Å². The van der Waals surface area contributed by atoms with Crippen LogP contribution in [0.25, 0.3) is 11.0 Å². The van der Waals surface area contributed by atoms with Gasteiger partial charge >= 0.3 is 0 Å². The second-order valence-electron chi connectivity index (χ2n) is 8.70. The van der Waals surface area contributed by atoms with Crippen LogP contribution in [0.3, 0.4) is 0 Å². The Balaban J connectivity index is 1.41. The molecule has 2 aromatic carbocycles. The number of aromatic nitrogens is 2. The van der Waals surface area contributed by atoms with E-state index in [0.717, 1.165) is 35.3 Å². The maximum Gasteiger partial charge on any atom is 0.278 e. The number of carbonyl (C=O) groups excluding carboxylic acids is 2. The molecule has 7 heteroatoms. The van der Waals surface area contributed by atoms with E-state index < -0.39 is 11.5 Å². The number of rotatable bonds is 2. The van der Waals surface area contributed by atoms with Gasteiger partial charge in [0.2, 0.25) is 0 Å². The molecule has 160 valence electrons. The molecule has 0 aliphatic carbocycles. The van der Waals surface area contributed by atoms with Crippen molar-refractivity contribution in [3.8, 4) is 5.75 Å². The van der Waals surface area contributed by atoms with Crippen LogP contribution in [-0.2, 0) is 16.6 Å². The molecule has 7 nitrogen and oxygen atoms in total. The quantitative estimate of drug-likeness (QED) is 0.648. The fourth-order valence-corrected chi connectivity index (χ4v) is 4.68. The molecule has 31 heavy (non-hydrogen) atoms. The van der Waals surface area contributed by atoms with Crippen LogP contribution in [0, 0.1) is 6.92 Å². The average Bonchev–Trinajstić information content (AvgIpc) is 3.11. The number of piperidine rings is 1. The van der Waals surface area contributed by atoms with Crippen molar-refractivity contribution in [2.75, 3.05) is 18.4 Å². The fourth-order valence-electron chi connectivity index (χ4n) is 4.68. The minimum atomic E-state index is -1.59. The smallest absolute Gasteiger partial charge is 0.278 e. The van der Waals surface area contributed by atoms with Gasteiger partial charge in [0.05, 0.1) is 16.7 Å². The third-order valence-electron chi connectivity index (χ3n) is 6.43. The molecular formula is C24H26N4O3. The molecule has 2 unspecified atom stereocenters. The maximum absolute atomic E-state index is 13.5. The first-order valence-electron chi connectivity index (χ1n) is 10.7. The standard InChI is InChI=1S/C24H26N4O3/c1-15-10-11-20-18(13-15)26-22(29)24(2,31-20)23(30)28-12-6-7-16(14-28)21-25-17-8-4-5-9-19(17)27(21)3/h4-5,8-11,13,16H,6-7,12,14H2,1-3H3,(H,26,29). The molecular weight excluding hydrogens is 392 g/mol. The summed E-state index contributed by atoms with van der Waals surface area (Å²) in [6.07, 6.45) is 1.81. The highest BCUT2D eigenvalue weighted by molar-refractivity contribution is 6.15. The van der Waals surface area contributed by atoms with Crippen molar-refractivity contribution in [3.63, 3.8) is 0 Å². The SMILES string of the molecule is Cc1ccc2c(c1)NC(=O)C(C)(C(=O)N1CCCC(c3nc4ccccc4n3C)C1)O2. The summed E-state index contributed by atoms with van der Waals surface area (Å²) in [7, 11) is 2.02. The Morgan fingerprint density at radius 1 is 1.26 bits per heavy atom. The normalized spacial score (nSPS) is 23.3. The van der Waals surface area contributed by atoms with E-state index in [2.05, 4.69) is 16.0 Å². The van der Waals surface area contributed by atoms with Gasteiger partial charge in [0.15, 0.2) is 0 Å². The third kappa shape index (κ3) is 3.15. The number of benzene rings is 2. The predicted molar refractivity (Wildman–Crippen MR) is 118 cm³/mol. The molecule has 3 heterocycles. The van der Waals surface area contributed by atoms with Crippen LogP contribution in [0.2, 0.25) is 0 Å². The number of fused-ring (bicyclic) bond motifs is 2. The lowest BCUT2D eigenvalue weighted by Gasteiger charge is -2.40. The van der Waals surface area contributed by atoms with E-state index in [0.29, 0.717) is 24.5 Å². The zero-order chi connectivity index (χ0) is 21.8. The number of carbonyl (C=O) groups is 2. The number of hydrogen-bond acceptors (Lipinski definition) is 4. The Hall–Kier alpha value is -3.35. The molecule has 1 N–H and O–H groups in total. The van der Waals surface area contributed by atoms with Gasteiger partial charge in [-0.2, -0.15) is 0 Å². The largest absolute Gasteiger partial charge is 0.466 e. The fraction of sp³-hybridized carbons (Fsp3) is 0.375. The molecule has 5 rings (SSSR count). The van der Waals surface area contributed by atoms with Gasteiger partial charge in [0.25, 0.3) is 17.4 Å². The lowest BCUT2D eigenvalue weighted by atomic mass is 9.94. The number of ether oxygens (including phenoxy) is 1. The van der Waals surface area contributed by atoms with Crippen LogP contribution in [0.5, 0.6) is 5.75 Å². The van der Waals surface area contributed by atoms with E-state index in [1.165, 1.54) is 0 Å². The van der Waals surface area contributed by atoms with E-state index in [1.807, 2.05) is 44.3 Å². The molecule has 1 fully saturated rings. The lowest BCUT2D eigenvalue weighted by Crippen LogP contribution is -2.60. The zero-order valence-electron chi connectivity index (χ0n) is 18.0. The van der Waals surface area contributed by atoms with Gasteiger partial charge in [-0.3, -0.25) is 9.59 Å². The van der Waals surface area contributed by atoms with E-state index in [1.54, 1.807) is 17.9 Å². The van der Waals surface area contributed by atoms with Crippen molar-refractivity contribution in [3.05, 3.63) is 53.9 Å². The van der Waals surface area contributed by atoms with Crippen molar-refractivity contribution in [1.82, 2.24) is 14.5 Å². The second kappa shape index (κ2) is 7.11. The minimum absolute atomic E-state index is 0.111.